The van der Waals surface area contributed by atoms with Crippen molar-refractivity contribution in [1.82, 2.24) is 0 Å². The lowest BCUT2D eigenvalue weighted by Crippen LogP contribution is -2.20. The summed E-state index contributed by atoms with van der Waals surface area (Å²) in [6, 6.07) is 6.56. The van der Waals surface area contributed by atoms with E-state index < -0.39 is 25.5 Å². The molecule has 20 heavy (non-hydrogen) atoms. The molecule has 0 spiro atoms. The van der Waals surface area contributed by atoms with Crippen LogP contribution in [0.3, 0.4) is 0 Å². The lowest BCUT2D eigenvalue weighted by molar-refractivity contribution is -0.179. The Hall–Kier alpha value is -1.31. The van der Waals surface area contributed by atoms with Gasteiger partial charge >= 0.3 is 6.18 Å². The number of alkyl halides is 3. The highest BCUT2D eigenvalue weighted by Crippen LogP contribution is 2.26. The monoisotopic (exact) mass is 294 g/mol. The predicted octanol–water partition coefficient (Wildman–Crippen LogP) is 2.32. The third kappa shape index (κ3) is 6.23. The number of aliphatic hydroxyl groups is 1. The average molecular weight is 294 g/mol. The summed E-state index contributed by atoms with van der Waals surface area (Å²) >= 11 is 0. The van der Waals surface area contributed by atoms with E-state index in [0.29, 0.717) is 17.9 Å². The van der Waals surface area contributed by atoms with Gasteiger partial charge in [0.05, 0.1) is 13.2 Å². The van der Waals surface area contributed by atoms with Crippen LogP contribution in [0.4, 0.5) is 13.2 Å². The fourth-order valence-electron chi connectivity index (χ4n) is 1.50. The Morgan fingerprint density at radius 2 is 1.90 bits per heavy atom. The van der Waals surface area contributed by atoms with Crippen LogP contribution in [0, 0.1) is 0 Å². The first-order valence-corrected chi connectivity index (χ1v) is 5.97. The highest BCUT2D eigenvalue weighted by atomic mass is 19.4. The van der Waals surface area contributed by atoms with Crippen LogP contribution in [0.15, 0.2) is 24.3 Å². The lowest BCUT2D eigenvalue weighted by atomic mass is 10.1. The Morgan fingerprint density at radius 1 is 1.20 bits per heavy atom. The maximum absolute atomic E-state index is 11.9. The fourth-order valence-corrected chi connectivity index (χ4v) is 1.50. The molecule has 0 bridgehead atoms. The SMILES string of the molecule is COCCOc1ccccc1C(O)COCC(F)(F)F. The van der Waals surface area contributed by atoms with E-state index in [1.54, 1.807) is 24.3 Å². The van der Waals surface area contributed by atoms with E-state index in [4.69, 9.17) is 9.47 Å². The summed E-state index contributed by atoms with van der Waals surface area (Å²) in [4.78, 5) is 0. The molecule has 0 aliphatic heterocycles. The van der Waals surface area contributed by atoms with Gasteiger partial charge < -0.3 is 19.3 Å². The molecule has 0 radical (unpaired) electrons. The van der Waals surface area contributed by atoms with E-state index in [-0.39, 0.29) is 6.61 Å². The summed E-state index contributed by atoms with van der Waals surface area (Å²) in [5, 5.41) is 9.85. The van der Waals surface area contributed by atoms with Crippen LogP contribution >= 0.6 is 0 Å². The first-order chi connectivity index (χ1) is 9.44. The van der Waals surface area contributed by atoms with Gasteiger partial charge in [0, 0.05) is 12.7 Å². The molecule has 0 heterocycles. The second-order valence-electron chi connectivity index (χ2n) is 4.03. The minimum atomic E-state index is -4.41. The van der Waals surface area contributed by atoms with Crippen molar-refractivity contribution < 1.29 is 32.5 Å². The zero-order valence-corrected chi connectivity index (χ0v) is 11.0. The van der Waals surface area contributed by atoms with E-state index >= 15 is 0 Å². The maximum atomic E-state index is 11.9. The van der Waals surface area contributed by atoms with E-state index in [1.165, 1.54) is 7.11 Å². The highest BCUT2D eigenvalue weighted by molar-refractivity contribution is 5.35. The number of hydrogen-bond acceptors (Lipinski definition) is 4. The number of ether oxygens (including phenoxy) is 3. The molecule has 0 saturated heterocycles. The minimum Gasteiger partial charge on any atom is -0.491 e. The summed E-state index contributed by atoms with van der Waals surface area (Å²) in [5.41, 5.74) is 0.380. The summed E-state index contributed by atoms with van der Waals surface area (Å²) < 4.78 is 50.5. The van der Waals surface area contributed by atoms with Crippen molar-refractivity contribution in [2.75, 3.05) is 33.5 Å². The predicted molar refractivity (Wildman–Crippen MR) is 65.6 cm³/mol. The van der Waals surface area contributed by atoms with Crippen molar-refractivity contribution in [1.29, 1.82) is 0 Å². The molecule has 1 rings (SSSR count). The van der Waals surface area contributed by atoms with Gasteiger partial charge in [-0.2, -0.15) is 13.2 Å². The van der Waals surface area contributed by atoms with Crippen LogP contribution in [-0.2, 0) is 9.47 Å². The summed E-state index contributed by atoms with van der Waals surface area (Å²) in [5.74, 6) is 0.396. The van der Waals surface area contributed by atoms with Crippen molar-refractivity contribution in [2.45, 2.75) is 12.3 Å². The summed E-state index contributed by atoms with van der Waals surface area (Å²) in [6.07, 6.45) is -5.59. The van der Waals surface area contributed by atoms with E-state index in [2.05, 4.69) is 4.74 Å². The molecule has 0 saturated carbocycles. The third-order valence-electron chi connectivity index (χ3n) is 2.36. The number of hydrogen-bond donors (Lipinski definition) is 1. The van der Waals surface area contributed by atoms with Crippen molar-refractivity contribution in [3.63, 3.8) is 0 Å². The van der Waals surface area contributed by atoms with E-state index in [0.717, 1.165) is 0 Å². The standard InChI is InChI=1S/C13H17F3O4/c1-18-6-7-20-12-5-3-2-4-10(12)11(17)8-19-9-13(14,15)16/h2-5,11,17H,6-9H2,1H3. The minimum absolute atomic E-state index is 0.281. The van der Waals surface area contributed by atoms with Gasteiger partial charge in [-0.3, -0.25) is 0 Å². The molecule has 0 fully saturated rings. The van der Waals surface area contributed by atoms with Gasteiger partial charge in [-0.05, 0) is 6.07 Å². The van der Waals surface area contributed by atoms with Crippen molar-refractivity contribution in [3.05, 3.63) is 29.8 Å². The molecular weight excluding hydrogens is 277 g/mol. The molecule has 4 nitrogen and oxygen atoms in total. The Labute approximate surface area is 115 Å². The van der Waals surface area contributed by atoms with Crippen molar-refractivity contribution in [2.24, 2.45) is 0 Å². The second kappa shape index (κ2) is 8.08. The Morgan fingerprint density at radius 3 is 2.55 bits per heavy atom. The molecule has 1 atom stereocenters. The molecule has 1 N–H and O–H groups in total. The van der Waals surface area contributed by atoms with Gasteiger partial charge in [-0.1, -0.05) is 18.2 Å². The number of aliphatic hydroxyl groups excluding tert-OH is 1. The second-order valence-corrected chi connectivity index (χ2v) is 4.03. The number of rotatable bonds is 8. The topological polar surface area (TPSA) is 47.9 Å². The Balaban J connectivity index is 2.55. The van der Waals surface area contributed by atoms with Gasteiger partial charge in [-0.25, -0.2) is 0 Å². The van der Waals surface area contributed by atoms with Crippen LogP contribution in [0.25, 0.3) is 0 Å². The number of methoxy groups -OCH3 is 1. The fraction of sp³-hybridized carbons (Fsp3) is 0.538. The molecule has 0 aromatic heterocycles. The molecule has 1 unspecified atom stereocenters. The molecule has 1 aromatic rings. The number of benzene rings is 1. The van der Waals surface area contributed by atoms with Gasteiger partial charge in [0.15, 0.2) is 0 Å². The molecule has 114 valence electrons. The Bertz CT molecular complexity index is 395. The first-order valence-electron chi connectivity index (χ1n) is 5.97. The lowest BCUT2D eigenvalue weighted by Gasteiger charge is -2.16. The van der Waals surface area contributed by atoms with E-state index in [1.807, 2.05) is 0 Å². The Kier molecular flexibility index (Phi) is 6.77. The first kappa shape index (κ1) is 16.7. The molecule has 0 aliphatic rings. The highest BCUT2D eigenvalue weighted by Gasteiger charge is 2.28. The zero-order chi connectivity index (χ0) is 15.0. The molecule has 7 heteroatoms. The largest absolute Gasteiger partial charge is 0.491 e. The normalized spacial score (nSPS) is 13.2. The van der Waals surface area contributed by atoms with Crippen molar-refractivity contribution >= 4 is 0 Å². The van der Waals surface area contributed by atoms with Crippen molar-refractivity contribution in [3.8, 4) is 5.75 Å². The van der Waals surface area contributed by atoms with Crippen LogP contribution in [0.2, 0.25) is 0 Å². The number of halogens is 3. The van der Waals surface area contributed by atoms with Gasteiger partial charge in [0.25, 0.3) is 0 Å². The van der Waals surface area contributed by atoms with Gasteiger partial charge in [-0.15, -0.1) is 0 Å². The molecule has 0 amide bonds. The van der Waals surface area contributed by atoms with Crippen LogP contribution < -0.4 is 4.74 Å². The summed E-state index contributed by atoms with van der Waals surface area (Å²) in [6.45, 7) is -1.19. The number of para-hydroxylation sites is 1. The zero-order valence-electron chi connectivity index (χ0n) is 11.0. The average Bonchev–Trinajstić information content (AvgIpc) is 2.38. The van der Waals surface area contributed by atoms with Crippen LogP contribution in [0.1, 0.15) is 11.7 Å². The third-order valence-corrected chi connectivity index (χ3v) is 2.36. The summed E-state index contributed by atoms with van der Waals surface area (Å²) in [7, 11) is 1.52. The van der Waals surface area contributed by atoms with Gasteiger partial charge in [0.2, 0.25) is 0 Å². The quantitative estimate of drug-likeness (QED) is 0.748. The smallest absolute Gasteiger partial charge is 0.411 e. The molecular formula is C13H17F3O4. The van der Waals surface area contributed by atoms with Crippen LogP contribution in [-0.4, -0.2) is 44.8 Å². The molecule has 1 aromatic carbocycles. The van der Waals surface area contributed by atoms with E-state index in [9.17, 15) is 18.3 Å². The molecule has 0 aliphatic carbocycles. The van der Waals surface area contributed by atoms with Crippen LogP contribution in [0.5, 0.6) is 5.75 Å². The van der Waals surface area contributed by atoms with Gasteiger partial charge in [0.1, 0.15) is 25.1 Å². The maximum Gasteiger partial charge on any atom is 0.411 e.